The number of halogens is 1. The fourth-order valence-corrected chi connectivity index (χ4v) is 2.83. The first kappa shape index (κ1) is 16.4. The largest absolute Gasteiger partial charge is 0.480 e. The van der Waals surface area contributed by atoms with Gasteiger partial charge in [0.25, 0.3) is 0 Å². The predicted molar refractivity (Wildman–Crippen MR) is 83.6 cm³/mol. The highest BCUT2D eigenvalue weighted by atomic mass is 32.1. The van der Waals surface area contributed by atoms with Crippen molar-refractivity contribution in [1.82, 2.24) is 10.2 Å². The van der Waals surface area contributed by atoms with Gasteiger partial charge in [-0.2, -0.15) is 0 Å². The molecule has 0 aliphatic carbocycles. The van der Waals surface area contributed by atoms with Gasteiger partial charge in [0.05, 0.1) is 0 Å². The van der Waals surface area contributed by atoms with Crippen molar-refractivity contribution in [2.24, 2.45) is 5.92 Å². The SMILES string of the molecule is CC(C)C[C@@H](Nc1nnc(Cc2ccc(F)cc2)s1)C(=O)O. The Hall–Kier alpha value is -2.02. The van der Waals surface area contributed by atoms with Gasteiger partial charge in [-0.15, -0.1) is 10.2 Å². The summed E-state index contributed by atoms with van der Waals surface area (Å²) >= 11 is 1.31. The van der Waals surface area contributed by atoms with Crippen LogP contribution in [0.1, 0.15) is 30.8 Å². The van der Waals surface area contributed by atoms with E-state index in [2.05, 4.69) is 15.5 Å². The van der Waals surface area contributed by atoms with Gasteiger partial charge in [-0.3, -0.25) is 0 Å². The van der Waals surface area contributed by atoms with Gasteiger partial charge in [-0.25, -0.2) is 9.18 Å². The maximum absolute atomic E-state index is 12.9. The molecule has 0 aliphatic heterocycles. The minimum atomic E-state index is -0.899. The van der Waals surface area contributed by atoms with Crippen LogP contribution in [0.5, 0.6) is 0 Å². The molecule has 0 aliphatic rings. The monoisotopic (exact) mass is 323 g/mol. The lowest BCUT2D eigenvalue weighted by Gasteiger charge is -2.14. The van der Waals surface area contributed by atoms with Crippen molar-refractivity contribution in [3.63, 3.8) is 0 Å². The summed E-state index contributed by atoms with van der Waals surface area (Å²) in [6.45, 7) is 3.94. The van der Waals surface area contributed by atoms with Gasteiger partial charge >= 0.3 is 5.97 Å². The van der Waals surface area contributed by atoms with Crippen LogP contribution in [0.25, 0.3) is 0 Å². The van der Waals surface area contributed by atoms with Crippen molar-refractivity contribution >= 4 is 22.4 Å². The molecular weight excluding hydrogens is 305 g/mol. The summed E-state index contributed by atoms with van der Waals surface area (Å²) in [6, 6.07) is 5.52. The Bertz CT molecular complexity index is 628. The highest BCUT2D eigenvalue weighted by Crippen LogP contribution is 2.21. The number of nitrogens with one attached hydrogen (secondary N) is 1. The van der Waals surface area contributed by atoms with E-state index in [1.807, 2.05) is 13.8 Å². The Morgan fingerprint density at radius 1 is 1.32 bits per heavy atom. The molecule has 0 amide bonds. The summed E-state index contributed by atoms with van der Waals surface area (Å²) in [5, 5.41) is 21.4. The summed E-state index contributed by atoms with van der Waals surface area (Å²) in [5.74, 6) is -0.912. The third-order valence-corrected chi connectivity index (χ3v) is 3.89. The fraction of sp³-hybridized carbons (Fsp3) is 0.400. The number of carboxylic acids is 1. The minimum Gasteiger partial charge on any atom is -0.480 e. The van der Waals surface area contributed by atoms with Crippen LogP contribution < -0.4 is 5.32 Å². The maximum Gasteiger partial charge on any atom is 0.326 e. The van der Waals surface area contributed by atoms with Crippen molar-refractivity contribution in [3.8, 4) is 0 Å². The molecule has 22 heavy (non-hydrogen) atoms. The molecule has 2 aromatic rings. The molecule has 1 heterocycles. The molecule has 5 nitrogen and oxygen atoms in total. The summed E-state index contributed by atoms with van der Waals surface area (Å²) in [6.07, 6.45) is 1.06. The summed E-state index contributed by atoms with van der Waals surface area (Å²) in [5.41, 5.74) is 0.932. The van der Waals surface area contributed by atoms with E-state index in [0.717, 1.165) is 10.6 Å². The molecule has 1 atom stereocenters. The van der Waals surface area contributed by atoms with Crippen LogP contribution in [0.4, 0.5) is 9.52 Å². The average molecular weight is 323 g/mol. The molecule has 2 rings (SSSR count). The van der Waals surface area contributed by atoms with E-state index in [1.165, 1.54) is 23.5 Å². The Labute approximate surface area is 132 Å². The number of rotatable bonds is 7. The normalized spacial score (nSPS) is 12.4. The molecule has 0 fully saturated rings. The van der Waals surface area contributed by atoms with Crippen LogP contribution in [-0.2, 0) is 11.2 Å². The second kappa shape index (κ2) is 7.31. The zero-order valence-electron chi connectivity index (χ0n) is 12.4. The Balaban J connectivity index is 2.01. The summed E-state index contributed by atoms with van der Waals surface area (Å²) < 4.78 is 12.9. The number of carboxylic acid groups (broad SMARTS) is 1. The van der Waals surface area contributed by atoms with Crippen LogP contribution in [0.2, 0.25) is 0 Å². The second-order valence-electron chi connectivity index (χ2n) is 5.47. The second-order valence-corrected chi connectivity index (χ2v) is 6.53. The Kier molecular flexibility index (Phi) is 5.43. The van der Waals surface area contributed by atoms with Gasteiger partial charge in [0.2, 0.25) is 5.13 Å². The van der Waals surface area contributed by atoms with Crippen molar-refractivity contribution in [2.75, 3.05) is 5.32 Å². The molecule has 7 heteroatoms. The lowest BCUT2D eigenvalue weighted by atomic mass is 10.0. The van der Waals surface area contributed by atoms with E-state index in [9.17, 15) is 14.3 Å². The van der Waals surface area contributed by atoms with E-state index in [-0.39, 0.29) is 11.7 Å². The topological polar surface area (TPSA) is 75.1 Å². The average Bonchev–Trinajstić information content (AvgIpc) is 2.87. The highest BCUT2D eigenvalue weighted by molar-refractivity contribution is 7.15. The van der Waals surface area contributed by atoms with Crippen molar-refractivity contribution < 1.29 is 14.3 Å². The van der Waals surface area contributed by atoms with Gasteiger partial charge in [0.1, 0.15) is 16.9 Å². The number of hydrogen-bond donors (Lipinski definition) is 2. The van der Waals surface area contributed by atoms with E-state index < -0.39 is 12.0 Å². The van der Waals surface area contributed by atoms with Gasteiger partial charge in [-0.1, -0.05) is 37.3 Å². The van der Waals surface area contributed by atoms with Crippen LogP contribution in [0.3, 0.4) is 0 Å². The number of hydrogen-bond acceptors (Lipinski definition) is 5. The number of anilines is 1. The molecule has 0 saturated heterocycles. The molecule has 1 aromatic heterocycles. The highest BCUT2D eigenvalue weighted by Gasteiger charge is 2.20. The van der Waals surface area contributed by atoms with Gasteiger partial charge < -0.3 is 10.4 Å². The first-order valence-electron chi connectivity index (χ1n) is 7.00. The molecule has 0 saturated carbocycles. The van der Waals surface area contributed by atoms with Gasteiger partial charge in [0.15, 0.2) is 0 Å². The van der Waals surface area contributed by atoms with Crippen LogP contribution in [0.15, 0.2) is 24.3 Å². The van der Waals surface area contributed by atoms with E-state index in [1.54, 1.807) is 12.1 Å². The summed E-state index contributed by atoms with van der Waals surface area (Å²) in [4.78, 5) is 11.2. The molecule has 2 N–H and O–H groups in total. The number of nitrogens with zero attached hydrogens (tertiary/aromatic N) is 2. The number of aliphatic carboxylic acids is 1. The number of benzene rings is 1. The Morgan fingerprint density at radius 3 is 2.59 bits per heavy atom. The molecule has 0 unspecified atom stereocenters. The first-order chi connectivity index (χ1) is 10.4. The molecular formula is C15H18FN3O2S. The first-order valence-corrected chi connectivity index (χ1v) is 7.82. The van der Waals surface area contributed by atoms with Crippen LogP contribution >= 0.6 is 11.3 Å². The lowest BCUT2D eigenvalue weighted by Crippen LogP contribution is -2.30. The third kappa shape index (κ3) is 4.77. The van der Waals surface area contributed by atoms with E-state index >= 15 is 0 Å². The van der Waals surface area contributed by atoms with Crippen LogP contribution in [0, 0.1) is 11.7 Å². The van der Waals surface area contributed by atoms with Gasteiger partial charge in [0, 0.05) is 6.42 Å². The third-order valence-electron chi connectivity index (χ3n) is 3.04. The summed E-state index contributed by atoms with van der Waals surface area (Å²) in [7, 11) is 0. The maximum atomic E-state index is 12.9. The smallest absolute Gasteiger partial charge is 0.326 e. The molecule has 1 aromatic carbocycles. The molecule has 0 bridgehead atoms. The zero-order valence-corrected chi connectivity index (χ0v) is 13.2. The lowest BCUT2D eigenvalue weighted by molar-refractivity contribution is -0.138. The molecule has 118 valence electrons. The van der Waals surface area contributed by atoms with E-state index in [4.69, 9.17) is 0 Å². The molecule has 0 spiro atoms. The quantitative estimate of drug-likeness (QED) is 0.818. The molecule has 0 radical (unpaired) electrons. The van der Waals surface area contributed by atoms with Crippen molar-refractivity contribution in [3.05, 3.63) is 40.7 Å². The minimum absolute atomic E-state index is 0.264. The standard InChI is InChI=1S/C15H18FN3O2S/c1-9(2)7-12(14(20)21)17-15-19-18-13(22-15)8-10-3-5-11(16)6-4-10/h3-6,9,12H,7-8H2,1-2H3,(H,17,19)(H,20,21)/t12-/m1/s1. The van der Waals surface area contributed by atoms with Gasteiger partial charge in [-0.05, 0) is 30.0 Å². The number of carbonyl (C=O) groups is 1. The van der Waals surface area contributed by atoms with Crippen molar-refractivity contribution in [1.29, 1.82) is 0 Å². The van der Waals surface area contributed by atoms with E-state index in [0.29, 0.717) is 18.0 Å². The Morgan fingerprint density at radius 2 is 2.00 bits per heavy atom. The fourth-order valence-electron chi connectivity index (χ4n) is 2.00. The number of aromatic nitrogens is 2. The zero-order chi connectivity index (χ0) is 16.1. The predicted octanol–water partition coefficient (Wildman–Crippen LogP) is 3.18. The van der Waals surface area contributed by atoms with Crippen molar-refractivity contribution in [2.45, 2.75) is 32.7 Å². The van der Waals surface area contributed by atoms with Crippen LogP contribution in [-0.4, -0.2) is 27.3 Å².